The molecule has 0 unspecified atom stereocenters. The normalized spacial score (nSPS) is 6.17. The predicted molar refractivity (Wildman–Crippen MR) is 23.7 cm³/mol. The molecular formula is C3H6O2Te. The van der Waals surface area contributed by atoms with Gasteiger partial charge in [0.1, 0.15) is 0 Å². The first-order chi connectivity index (χ1) is 2.27. The van der Waals surface area contributed by atoms with E-state index >= 15 is 0 Å². The van der Waals surface area contributed by atoms with Crippen molar-refractivity contribution in [1.82, 2.24) is 0 Å². The van der Waals surface area contributed by atoms with Crippen molar-refractivity contribution < 1.29 is 9.90 Å². The van der Waals surface area contributed by atoms with Crippen molar-refractivity contribution in [3.8, 4) is 0 Å². The summed E-state index contributed by atoms with van der Waals surface area (Å²) < 4.78 is 0. The van der Waals surface area contributed by atoms with Gasteiger partial charge in [-0.2, -0.15) is 0 Å². The number of aliphatic carboxylic acids is 1. The van der Waals surface area contributed by atoms with Crippen LogP contribution in [0.3, 0.4) is 0 Å². The topological polar surface area (TPSA) is 37.3 Å². The molecule has 0 saturated heterocycles. The first kappa shape index (κ1) is 9.54. The van der Waals surface area contributed by atoms with E-state index in [1.165, 1.54) is 0 Å². The minimum absolute atomic E-state index is 0. The fourth-order valence-corrected chi connectivity index (χ4v) is 0. The quantitative estimate of drug-likeness (QED) is 0.612. The Balaban J connectivity index is 0. The van der Waals surface area contributed by atoms with Gasteiger partial charge < -0.3 is 5.11 Å². The Hall–Kier alpha value is 0.260. The molecule has 0 heterocycles. The molecule has 36 valence electrons. The van der Waals surface area contributed by atoms with Gasteiger partial charge in [-0.1, -0.05) is 6.92 Å². The van der Waals surface area contributed by atoms with E-state index in [0.29, 0.717) is 0 Å². The summed E-state index contributed by atoms with van der Waals surface area (Å²) in [5, 5.41) is 7.72. The van der Waals surface area contributed by atoms with Crippen LogP contribution in [0, 0.1) is 0 Å². The molecule has 0 rings (SSSR count). The molecule has 0 saturated carbocycles. The average Bonchev–Trinajstić information content (AvgIpc) is 1.38. The second-order valence-electron chi connectivity index (χ2n) is 0.747. The average molecular weight is 202 g/mol. The Kier molecular flexibility index (Phi) is 8.37. The van der Waals surface area contributed by atoms with Gasteiger partial charge in [0.2, 0.25) is 0 Å². The number of hydrogen-bond acceptors (Lipinski definition) is 1. The third-order valence-corrected chi connectivity index (χ3v) is 0.302. The zero-order valence-corrected chi connectivity index (χ0v) is 5.80. The molecular weight excluding hydrogens is 196 g/mol. The summed E-state index contributed by atoms with van der Waals surface area (Å²) in [7, 11) is 0. The van der Waals surface area contributed by atoms with Crippen LogP contribution >= 0.6 is 0 Å². The van der Waals surface area contributed by atoms with Crippen LogP contribution in [0.4, 0.5) is 0 Å². The van der Waals surface area contributed by atoms with Gasteiger partial charge in [0.25, 0.3) is 0 Å². The zero-order valence-electron chi connectivity index (χ0n) is 3.47. The summed E-state index contributed by atoms with van der Waals surface area (Å²) >= 11 is 0. The van der Waals surface area contributed by atoms with Gasteiger partial charge in [-0.15, -0.1) is 0 Å². The molecule has 0 bridgehead atoms. The molecule has 3 heteroatoms. The molecule has 0 aromatic carbocycles. The first-order valence-electron chi connectivity index (χ1n) is 1.49. The van der Waals surface area contributed by atoms with Crippen LogP contribution in [-0.2, 0) is 4.79 Å². The summed E-state index contributed by atoms with van der Waals surface area (Å²) in [6.07, 6.45) is 0.222. The Labute approximate surface area is 53.3 Å². The molecule has 0 fully saturated rings. The first-order valence-corrected chi connectivity index (χ1v) is 1.49. The van der Waals surface area contributed by atoms with E-state index in [0.717, 1.165) is 0 Å². The maximum atomic E-state index is 9.37. The molecule has 0 aliphatic carbocycles. The van der Waals surface area contributed by atoms with Crippen LogP contribution in [0.15, 0.2) is 0 Å². The Bertz CT molecular complexity index is 44.1. The van der Waals surface area contributed by atoms with Gasteiger partial charge in [0.15, 0.2) is 0 Å². The van der Waals surface area contributed by atoms with Crippen LogP contribution in [0.2, 0.25) is 0 Å². The van der Waals surface area contributed by atoms with Gasteiger partial charge in [-0.25, -0.2) is 0 Å². The van der Waals surface area contributed by atoms with Crippen molar-refractivity contribution in [2.24, 2.45) is 0 Å². The fraction of sp³-hybridized carbons (Fsp3) is 0.667. The van der Waals surface area contributed by atoms with Gasteiger partial charge >= 0.3 is 5.97 Å². The van der Waals surface area contributed by atoms with Crippen LogP contribution in [0.5, 0.6) is 0 Å². The summed E-state index contributed by atoms with van der Waals surface area (Å²) in [6, 6.07) is 0. The molecule has 0 aliphatic heterocycles. The van der Waals surface area contributed by atoms with Gasteiger partial charge in [-0.05, 0) is 0 Å². The summed E-state index contributed by atoms with van der Waals surface area (Å²) in [5.41, 5.74) is 0. The van der Waals surface area contributed by atoms with Crippen molar-refractivity contribution in [3.63, 3.8) is 0 Å². The molecule has 0 atom stereocenters. The van der Waals surface area contributed by atoms with Crippen molar-refractivity contribution in [2.75, 3.05) is 0 Å². The third-order valence-electron chi connectivity index (χ3n) is 0.302. The number of carbonyl (C=O) groups is 1. The maximum absolute atomic E-state index is 9.37. The number of hydrogen-bond donors (Lipinski definition) is 1. The molecule has 0 spiro atoms. The Morgan fingerprint density at radius 3 is 2.00 bits per heavy atom. The smallest absolute Gasteiger partial charge is 0.303 e. The SMILES string of the molecule is CCC(=O)O.[Te]. The summed E-state index contributed by atoms with van der Waals surface area (Å²) in [4.78, 5) is 9.37. The van der Waals surface area contributed by atoms with E-state index in [-0.39, 0.29) is 30.1 Å². The standard InChI is InChI=1S/C3H6O2.Te/c1-2-3(4)5;/h2H2,1H3,(H,4,5);. The molecule has 6 heavy (non-hydrogen) atoms. The van der Waals surface area contributed by atoms with Crippen LogP contribution < -0.4 is 0 Å². The van der Waals surface area contributed by atoms with Crippen LogP contribution in [0.1, 0.15) is 13.3 Å². The van der Waals surface area contributed by atoms with E-state index in [4.69, 9.17) is 5.11 Å². The van der Waals surface area contributed by atoms with Gasteiger partial charge in [0, 0.05) is 30.1 Å². The van der Waals surface area contributed by atoms with E-state index in [1.807, 2.05) is 0 Å². The van der Waals surface area contributed by atoms with Crippen molar-refractivity contribution in [2.45, 2.75) is 13.3 Å². The second-order valence-corrected chi connectivity index (χ2v) is 0.747. The minimum atomic E-state index is -0.745. The predicted octanol–water partition coefficient (Wildman–Crippen LogP) is 0.100. The van der Waals surface area contributed by atoms with Crippen LogP contribution in [-0.4, -0.2) is 34.7 Å². The van der Waals surface area contributed by atoms with Gasteiger partial charge in [-0.3, -0.25) is 4.79 Å². The second kappa shape index (κ2) is 5.26. The largest absolute Gasteiger partial charge is 0.481 e. The zero-order chi connectivity index (χ0) is 4.28. The molecule has 0 amide bonds. The number of carboxylic acid groups (broad SMARTS) is 1. The molecule has 2 radical (unpaired) electrons. The number of rotatable bonds is 1. The van der Waals surface area contributed by atoms with Crippen LogP contribution in [0.25, 0.3) is 0 Å². The molecule has 1 N–H and O–H groups in total. The Morgan fingerprint density at radius 2 is 2.00 bits per heavy atom. The van der Waals surface area contributed by atoms with E-state index in [1.54, 1.807) is 6.92 Å². The number of carboxylic acids is 1. The molecule has 0 aliphatic rings. The summed E-state index contributed by atoms with van der Waals surface area (Å²) in [6.45, 7) is 1.60. The molecule has 2 nitrogen and oxygen atoms in total. The van der Waals surface area contributed by atoms with Crippen molar-refractivity contribution >= 4 is 29.6 Å². The monoisotopic (exact) mass is 204 g/mol. The third kappa shape index (κ3) is 8.86. The fourth-order valence-electron chi connectivity index (χ4n) is 0. The van der Waals surface area contributed by atoms with E-state index in [9.17, 15) is 4.79 Å². The van der Waals surface area contributed by atoms with Crippen molar-refractivity contribution in [1.29, 1.82) is 0 Å². The Morgan fingerprint density at radius 1 is 1.83 bits per heavy atom. The van der Waals surface area contributed by atoms with Crippen molar-refractivity contribution in [3.05, 3.63) is 0 Å². The summed E-state index contributed by atoms with van der Waals surface area (Å²) in [5.74, 6) is -0.745. The molecule has 0 aromatic heterocycles. The van der Waals surface area contributed by atoms with E-state index < -0.39 is 5.97 Å². The minimum Gasteiger partial charge on any atom is -0.481 e. The van der Waals surface area contributed by atoms with E-state index in [2.05, 4.69) is 0 Å². The maximum Gasteiger partial charge on any atom is 0.303 e. The molecule has 0 aromatic rings. The van der Waals surface area contributed by atoms with Gasteiger partial charge in [0.05, 0.1) is 0 Å².